The molecule has 0 radical (unpaired) electrons. The van der Waals surface area contributed by atoms with E-state index in [1.54, 1.807) is 0 Å². The molecule has 0 unspecified atom stereocenters. The van der Waals surface area contributed by atoms with Crippen molar-refractivity contribution < 1.29 is 9.59 Å². The predicted molar refractivity (Wildman–Crippen MR) is 133 cm³/mol. The number of rotatable bonds is 8. The number of Topliss-reactive ketones (excluding diaryl/α,β-unsaturated/α-hetero) is 1. The van der Waals surface area contributed by atoms with Crippen molar-refractivity contribution in [3.05, 3.63) is 73.1 Å². The smallest absolute Gasteiger partial charge is 0.286 e. The molecule has 0 saturated heterocycles. The van der Waals surface area contributed by atoms with Gasteiger partial charge in [0.15, 0.2) is 10.8 Å². The number of nitrogens with two attached hydrogens (primary N) is 2. The van der Waals surface area contributed by atoms with E-state index in [1.807, 2.05) is 50.2 Å². The lowest BCUT2D eigenvalue weighted by Gasteiger charge is -2.16. The minimum atomic E-state index is -0.331. The third-order valence-corrected chi connectivity index (χ3v) is 7.32. The summed E-state index contributed by atoms with van der Waals surface area (Å²) in [5, 5.41) is 20.5. The van der Waals surface area contributed by atoms with Crippen molar-refractivity contribution >= 4 is 40.1 Å². The maximum atomic E-state index is 12.7. The summed E-state index contributed by atoms with van der Waals surface area (Å²) in [6.45, 7) is 4.44. The maximum absolute atomic E-state index is 12.7. The molecule has 4 aromatic rings. The summed E-state index contributed by atoms with van der Waals surface area (Å²) in [6, 6.07) is 11.6. The van der Waals surface area contributed by atoms with Gasteiger partial charge in [0.1, 0.15) is 10.0 Å². The lowest BCUT2D eigenvalue weighted by atomic mass is 9.91. The molecule has 0 aliphatic carbocycles. The Labute approximate surface area is 204 Å². The average molecular weight is 494 g/mol. The molecule has 0 saturated carbocycles. The van der Waals surface area contributed by atoms with Crippen LogP contribution in [0.1, 0.15) is 46.3 Å². The van der Waals surface area contributed by atoms with Gasteiger partial charge in [-0.05, 0) is 47.7 Å². The Hall–Kier alpha value is -3.38. The van der Waals surface area contributed by atoms with E-state index < -0.39 is 0 Å². The number of anilines is 1. The van der Waals surface area contributed by atoms with Crippen LogP contribution in [-0.4, -0.2) is 32.1 Å². The number of nitrogens with one attached hydrogen (secondary N) is 1. The number of benzene rings is 2. The molecule has 5 N–H and O–H groups in total. The summed E-state index contributed by atoms with van der Waals surface area (Å²) in [5.74, 6) is -0.425. The van der Waals surface area contributed by atoms with Gasteiger partial charge in [0.05, 0.1) is 0 Å². The monoisotopic (exact) mass is 493 g/mol. The summed E-state index contributed by atoms with van der Waals surface area (Å²) in [5.41, 5.74) is 16.6. The molecule has 0 bridgehead atoms. The van der Waals surface area contributed by atoms with Crippen LogP contribution >= 0.6 is 22.7 Å². The topological polar surface area (TPSA) is 150 Å². The first-order valence-electron chi connectivity index (χ1n) is 10.5. The second kappa shape index (κ2) is 10.3. The summed E-state index contributed by atoms with van der Waals surface area (Å²) in [6.07, 6.45) is 0.217. The van der Waals surface area contributed by atoms with Gasteiger partial charge in [0, 0.05) is 25.2 Å². The van der Waals surface area contributed by atoms with E-state index in [9.17, 15) is 9.59 Å². The Balaban J connectivity index is 1.59. The second-order valence-corrected chi connectivity index (χ2v) is 9.66. The van der Waals surface area contributed by atoms with Crippen molar-refractivity contribution in [1.29, 1.82) is 0 Å². The highest BCUT2D eigenvalue weighted by Crippen LogP contribution is 2.33. The quantitative estimate of drug-likeness (QED) is 0.317. The zero-order chi connectivity index (χ0) is 24.2. The summed E-state index contributed by atoms with van der Waals surface area (Å²) in [4.78, 5) is 25.4. The molecule has 0 aliphatic heterocycles. The molecule has 174 valence electrons. The Morgan fingerprint density at radius 1 is 0.824 bits per heavy atom. The van der Waals surface area contributed by atoms with E-state index in [-0.39, 0.29) is 36.2 Å². The Morgan fingerprint density at radius 3 is 2.06 bits per heavy atom. The normalized spacial score (nSPS) is 10.9. The lowest BCUT2D eigenvalue weighted by Crippen LogP contribution is -2.13. The predicted octanol–water partition coefficient (Wildman–Crippen LogP) is 3.27. The lowest BCUT2D eigenvalue weighted by molar-refractivity contribution is 0.0989. The summed E-state index contributed by atoms with van der Waals surface area (Å²) in [7, 11) is 0. The Kier molecular flexibility index (Phi) is 7.17. The average Bonchev–Trinajstić information content (AvgIpc) is 3.52. The summed E-state index contributed by atoms with van der Waals surface area (Å²) >= 11 is 2.40. The number of carbonyl (C=O) groups excluding carboxylic acids is 2. The van der Waals surface area contributed by atoms with Gasteiger partial charge in [-0.15, -0.1) is 20.4 Å². The Bertz CT molecular complexity index is 1260. The highest BCUT2D eigenvalue weighted by molar-refractivity contribution is 7.13. The highest BCUT2D eigenvalue weighted by atomic mass is 32.1. The molecule has 2 heterocycles. The number of ketones is 1. The van der Waals surface area contributed by atoms with E-state index in [0.717, 1.165) is 27.8 Å². The number of aromatic nitrogens is 4. The van der Waals surface area contributed by atoms with Crippen molar-refractivity contribution in [2.24, 2.45) is 11.5 Å². The van der Waals surface area contributed by atoms with E-state index >= 15 is 0 Å². The fourth-order valence-corrected chi connectivity index (χ4v) is 4.80. The summed E-state index contributed by atoms with van der Waals surface area (Å²) < 4.78 is 0. The third kappa shape index (κ3) is 4.92. The van der Waals surface area contributed by atoms with E-state index in [4.69, 9.17) is 11.5 Å². The molecule has 11 heteroatoms. The molecular formula is C23H23N7O2S2. The van der Waals surface area contributed by atoms with Gasteiger partial charge in [-0.2, -0.15) is 0 Å². The van der Waals surface area contributed by atoms with E-state index in [2.05, 4.69) is 25.7 Å². The number of hydrogen-bond acceptors (Lipinski definition) is 10. The van der Waals surface area contributed by atoms with Crippen LogP contribution in [0, 0.1) is 13.8 Å². The van der Waals surface area contributed by atoms with Gasteiger partial charge < -0.3 is 16.8 Å². The number of carbonyl (C=O) groups is 2. The first kappa shape index (κ1) is 23.8. The third-order valence-electron chi connectivity index (χ3n) is 5.38. The van der Waals surface area contributed by atoms with Crippen LogP contribution in [0.25, 0.3) is 11.1 Å². The van der Waals surface area contributed by atoms with Crippen molar-refractivity contribution in [2.75, 3.05) is 5.32 Å². The molecule has 34 heavy (non-hydrogen) atoms. The van der Waals surface area contributed by atoms with Crippen molar-refractivity contribution in [2.45, 2.75) is 33.4 Å². The first-order valence-corrected chi connectivity index (χ1v) is 12.1. The molecule has 9 nitrogen and oxygen atoms in total. The van der Waals surface area contributed by atoms with Crippen LogP contribution in [0.2, 0.25) is 0 Å². The molecule has 0 aliphatic rings. The van der Waals surface area contributed by atoms with Crippen LogP contribution in [0.4, 0.5) is 5.69 Å². The molecule has 4 rings (SSSR count). The number of amides is 1. The van der Waals surface area contributed by atoms with Gasteiger partial charge >= 0.3 is 0 Å². The minimum Gasteiger partial charge on any atom is -0.324 e. The van der Waals surface area contributed by atoms with Crippen LogP contribution in [0.3, 0.4) is 0 Å². The van der Waals surface area contributed by atoms with E-state index in [1.165, 1.54) is 22.7 Å². The molecule has 0 fully saturated rings. The zero-order valence-corrected chi connectivity index (χ0v) is 20.3. The Morgan fingerprint density at radius 2 is 1.41 bits per heavy atom. The minimum absolute atomic E-state index is 0.0934. The first-order chi connectivity index (χ1) is 16.4. The fourth-order valence-electron chi connectivity index (χ4n) is 3.53. The zero-order valence-electron chi connectivity index (χ0n) is 18.7. The van der Waals surface area contributed by atoms with Crippen molar-refractivity contribution in [3.8, 4) is 11.1 Å². The largest absolute Gasteiger partial charge is 0.324 e. The van der Waals surface area contributed by atoms with Gasteiger partial charge in [0.2, 0.25) is 5.01 Å². The van der Waals surface area contributed by atoms with Crippen molar-refractivity contribution in [1.82, 2.24) is 20.4 Å². The molecule has 0 spiro atoms. The van der Waals surface area contributed by atoms with Crippen LogP contribution < -0.4 is 16.8 Å². The molecule has 2 aromatic heterocycles. The maximum Gasteiger partial charge on any atom is 0.286 e. The van der Waals surface area contributed by atoms with Crippen LogP contribution in [0.5, 0.6) is 0 Å². The molecule has 1 amide bonds. The van der Waals surface area contributed by atoms with Crippen LogP contribution in [-0.2, 0) is 19.5 Å². The van der Waals surface area contributed by atoms with Gasteiger partial charge in [0.25, 0.3) is 5.91 Å². The van der Waals surface area contributed by atoms with Gasteiger partial charge in [-0.1, -0.05) is 53.0 Å². The molecule has 0 atom stereocenters. The highest BCUT2D eigenvalue weighted by Gasteiger charge is 2.18. The van der Waals surface area contributed by atoms with Gasteiger partial charge in [-0.25, -0.2) is 0 Å². The van der Waals surface area contributed by atoms with Crippen molar-refractivity contribution in [3.63, 3.8) is 0 Å². The van der Waals surface area contributed by atoms with E-state index in [0.29, 0.717) is 20.7 Å². The number of nitrogens with zero attached hydrogens (tertiary/aromatic N) is 4. The SMILES string of the molecule is Cc1c(CC(=O)c2nnc(CN)s2)cccc1-c1cccc(NC(=O)c2nnc(CN)s2)c1C. The second-order valence-electron chi connectivity index (χ2n) is 7.53. The molecule has 2 aromatic carbocycles. The fraction of sp³-hybridized carbons (Fsp3) is 0.217. The van der Waals surface area contributed by atoms with Crippen LogP contribution in [0.15, 0.2) is 36.4 Å². The van der Waals surface area contributed by atoms with Gasteiger partial charge in [-0.3, -0.25) is 9.59 Å². The number of hydrogen-bond donors (Lipinski definition) is 3. The standard InChI is InChI=1S/C23H23N7O2S2/c1-12-14(9-18(31)22-29-27-19(10-24)33-22)5-3-6-15(12)16-7-4-8-17(13(16)2)26-21(32)23-30-28-20(11-25)34-23/h3-8H,9-11,24-25H2,1-2H3,(H,26,32). The molecular weight excluding hydrogens is 470 g/mol.